The molecule has 0 spiro atoms. The lowest BCUT2D eigenvalue weighted by atomic mass is 10.1. The molecule has 0 saturated carbocycles. The Labute approximate surface area is 115 Å². The van der Waals surface area contributed by atoms with Gasteiger partial charge in [0.15, 0.2) is 5.69 Å². The van der Waals surface area contributed by atoms with E-state index in [1.165, 1.54) is 0 Å². The van der Waals surface area contributed by atoms with E-state index in [4.69, 9.17) is 5.73 Å². The van der Waals surface area contributed by atoms with Crippen LogP contribution in [0.5, 0.6) is 0 Å². The van der Waals surface area contributed by atoms with Crippen LogP contribution < -0.4 is 11.1 Å². The zero-order valence-electron chi connectivity index (χ0n) is 11.2. The molecule has 6 nitrogen and oxygen atoms in total. The number of nitrogens with two attached hydrogens (primary N) is 1. The first-order valence-corrected chi connectivity index (χ1v) is 6.84. The van der Waals surface area contributed by atoms with E-state index in [1.807, 2.05) is 20.8 Å². The predicted octanol–water partition coefficient (Wildman–Crippen LogP) is 1.81. The first kappa shape index (κ1) is 13.5. The molecule has 102 valence electrons. The molecule has 2 aromatic rings. The van der Waals surface area contributed by atoms with Crippen LogP contribution in [0.2, 0.25) is 0 Å². The molecule has 7 heteroatoms. The first-order chi connectivity index (χ1) is 8.99. The second kappa shape index (κ2) is 5.40. The number of anilines is 1. The van der Waals surface area contributed by atoms with Crippen molar-refractivity contribution >= 4 is 22.9 Å². The summed E-state index contributed by atoms with van der Waals surface area (Å²) < 4.78 is 0. The summed E-state index contributed by atoms with van der Waals surface area (Å²) in [5.74, 6) is -0.0795. The van der Waals surface area contributed by atoms with Gasteiger partial charge in [0, 0.05) is 11.1 Å². The second-order valence-corrected chi connectivity index (χ2v) is 5.92. The maximum absolute atomic E-state index is 12.0. The molecular weight excluding hydrogens is 262 g/mol. The Morgan fingerprint density at radius 1 is 1.58 bits per heavy atom. The van der Waals surface area contributed by atoms with Crippen molar-refractivity contribution < 1.29 is 4.79 Å². The lowest BCUT2D eigenvalue weighted by Gasteiger charge is -2.03. The number of nitrogens with zero attached hydrogens (tertiary/aromatic N) is 2. The third kappa shape index (κ3) is 2.93. The summed E-state index contributed by atoms with van der Waals surface area (Å²) in [4.78, 5) is 17.3. The summed E-state index contributed by atoms with van der Waals surface area (Å²) in [6, 6.07) is 0. The number of rotatable bonds is 4. The number of hydrogen-bond donors (Lipinski definition) is 3. The lowest BCUT2D eigenvalue weighted by molar-refractivity contribution is 0.0946. The molecule has 2 aromatic heterocycles. The third-order valence-electron chi connectivity index (χ3n) is 2.70. The summed E-state index contributed by atoms with van der Waals surface area (Å²) in [7, 11) is 0. The Hall–Kier alpha value is -1.89. The first-order valence-electron chi connectivity index (χ1n) is 6.02. The molecule has 0 aliphatic heterocycles. The molecule has 0 aromatic carbocycles. The van der Waals surface area contributed by atoms with Gasteiger partial charge in [0.05, 0.1) is 17.9 Å². The SMILES string of the molecule is Cc1cnc(CNC(=O)c2n[nH]c(C(C)C)c2N)s1. The number of carbonyl (C=O) groups is 1. The van der Waals surface area contributed by atoms with Gasteiger partial charge in [-0.1, -0.05) is 13.8 Å². The molecule has 0 fully saturated rings. The highest BCUT2D eigenvalue weighted by atomic mass is 32.1. The number of carbonyl (C=O) groups excluding carboxylic acids is 1. The topological polar surface area (TPSA) is 96.7 Å². The maximum atomic E-state index is 12.0. The fraction of sp³-hybridized carbons (Fsp3) is 0.417. The summed E-state index contributed by atoms with van der Waals surface area (Å²) >= 11 is 1.55. The van der Waals surface area contributed by atoms with E-state index in [1.54, 1.807) is 17.5 Å². The number of thiazole rings is 1. The van der Waals surface area contributed by atoms with Crippen LogP contribution in [0.15, 0.2) is 6.20 Å². The second-order valence-electron chi connectivity index (χ2n) is 4.60. The van der Waals surface area contributed by atoms with Gasteiger partial charge in [-0.15, -0.1) is 11.3 Å². The predicted molar refractivity (Wildman–Crippen MR) is 75.1 cm³/mol. The Morgan fingerprint density at radius 2 is 2.32 bits per heavy atom. The number of H-pyrrole nitrogens is 1. The van der Waals surface area contributed by atoms with Gasteiger partial charge < -0.3 is 11.1 Å². The zero-order chi connectivity index (χ0) is 14.0. The number of nitrogens with one attached hydrogen (secondary N) is 2. The van der Waals surface area contributed by atoms with E-state index in [9.17, 15) is 4.79 Å². The van der Waals surface area contributed by atoms with Crippen LogP contribution in [0.3, 0.4) is 0 Å². The largest absolute Gasteiger partial charge is 0.395 e. The van der Waals surface area contributed by atoms with Gasteiger partial charge >= 0.3 is 0 Å². The van der Waals surface area contributed by atoms with Crippen LogP contribution in [-0.4, -0.2) is 21.1 Å². The molecule has 0 radical (unpaired) electrons. The minimum Gasteiger partial charge on any atom is -0.395 e. The van der Waals surface area contributed by atoms with E-state index in [2.05, 4.69) is 20.5 Å². The van der Waals surface area contributed by atoms with Gasteiger partial charge in [-0.3, -0.25) is 9.89 Å². The molecular formula is C12H17N5OS. The van der Waals surface area contributed by atoms with Crippen molar-refractivity contribution in [3.63, 3.8) is 0 Å². The van der Waals surface area contributed by atoms with Crippen molar-refractivity contribution in [2.75, 3.05) is 5.73 Å². The van der Waals surface area contributed by atoms with Gasteiger partial charge in [-0.05, 0) is 12.8 Å². The van der Waals surface area contributed by atoms with E-state index < -0.39 is 0 Å². The Morgan fingerprint density at radius 3 is 2.84 bits per heavy atom. The molecule has 19 heavy (non-hydrogen) atoms. The van der Waals surface area contributed by atoms with Crippen molar-refractivity contribution in [1.82, 2.24) is 20.5 Å². The molecule has 2 heterocycles. The quantitative estimate of drug-likeness (QED) is 0.795. The minimum absolute atomic E-state index is 0.204. The lowest BCUT2D eigenvalue weighted by Crippen LogP contribution is -2.24. The molecule has 4 N–H and O–H groups in total. The highest BCUT2D eigenvalue weighted by Gasteiger charge is 2.18. The Kier molecular flexibility index (Phi) is 3.84. The van der Waals surface area contributed by atoms with Crippen molar-refractivity contribution in [1.29, 1.82) is 0 Å². The molecule has 0 aliphatic carbocycles. The van der Waals surface area contributed by atoms with Crippen LogP contribution in [0.1, 0.15) is 45.8 Å². The molecule has 1 amide bonds. The van der Waals surface area contributed by atoms with E-state index in [0.717, 1.165) is 15.6 Å². The van der Waals surface area contributed by atoms with Crippen molar-refractivity contribution in [3.8, 4) is 0 Å². The summed E-state index contributed by atoms with van der Waals surface area (Å²) in [6.07, 6.45) is 1.78. The number of aromatic nitrogens is 3. The van der Waals surface area contributed by atoms with Gasteiger partial charge in [-0.2, -0.15) is 5.10 Å². The molecule has 0 saturated heterocycles. The molecule has 0 unspecified atom stereocenters. The van der Waals surface area contributed by atoms with Crippen molar-refractivity contribution in [2.45, 2.75) is 33.2 Å². The Balaban J connectivity index is 2.04. The Bertz CT molecular complexity index is 587. The van der Waals surface area contributed by atoms with Gasteiger partial charge in [0.2, 0.25) is 0 Å². The van der Waals surface area contributed by atoms with Gasteiger partial charge in [-0.25, -0.2) is 4.98 Å². The number of hydrogen-bond acceptors (Lipinski definition) is 5. The van der Waals surface area contributed by atoms with E-state index >= 15 is 0 Å². The van der Waals surface area contributed by atoms with Crippen LogP contribution in [0.25, 0.3) is 0 Å². The molecule has 0 aliphatic rings. The number of nitrogen functional groups attached to an aromatic ring is 1. The molecule has 0 bridgehead atoms. The summed E-state index contributed by atoms with van der Waals surface area (Å²) in [5, 5.41) is 10.4. The van der Waals surface area contributed by atoms with E-state index in [-0.39, 0.29) is 17.5 Å². The zero-order valence-corrected chi connectivity index (χ0v) is 12.0. The number of amides is 1. The van der Waals surface area contributed by atoms with Crippen molar-refractivity contribution in [3.05, 3.63) is 27.5 Å². The van der Waals surface area contributed by atoms with Crippen molar-refractivity contribution in [2.24, 2.45) is 0 Å². The minimum atomic E-state index is -0.284. The highest BCUT2D eigenvalue weighted by molar-refractivity contribution is 7.11. The van der Waals surface area contributed by atoms with Gasteiger partial charge in [0.25, 0.3) is 5.91 Å². The highest BCUT2D eigenvalue weighted by Crippen LogP contribution is 2.22. The number of aryl methyl sites for hydroxylation is 1. The van der Waals surface area contributed by atoms with Crippen LogP contribution in [0.4, 0.5) is 5.69 Å². The summed E-state index contributed by atoms with van der Waals surface area (Å²) in [5.41, 5.74) is 7.36. The summed E-state index contributed by atoms with van der Waals surface area (Å²) in [6.45, 7) is 6.35. The fourth-order valence-electron chi connectivity index (χ4n) is 1.70. The van der Waals surface area contributed by atoms with E-state index in [0.29, 0.717) is 12.2 Å². The monoisotopic (exact) mass is 279 g/mol. The third-order valence-corrected chi connectivity index (χ3v) is 3.61. The standard InChI is InChI=1S/C12H17N5OS/c1-6(2)10-9(13)11(17-16-10)12(18)15-5-8-14-4-7(3)19-8/h4,6H,5,13H2,1-3H3,(H,15,18)(H,16,17). The number of aromatic amines is 1. The molecule has 0 atom stereocenters. The normalized spacial score (nSPS) is 10.9. The van der Waals surface area contributed by atoms with Gasteiger partial charge in [0.1, 0.15) is 5.01 Å². The van der Waals surface area contributed by atoms with Crippen LogP contribution in [-0.2, 0) is 6.54 Å². The maximum Gasteiger partial charge on any atom is 0.274 e. The average molecular weight is 279 g/mol. The van der Waals surface area contributed by atoms with Crippen LogP contribution >= 0.6 is 11.3 Å². The van der Waals surface area contributed by atoms with Crippen LogP contribution in [0, 0.1) is 6.92 Å². The smallest absolute Gasteiger partial charge is 0.274 e. The molecule has 2 rings (SSSR count). The average Bonchev–Trinajstić information content (AvgIpc) is 2.92. The fourth-order valence-corrected chi connectivity index (χ4v) is 2.43.